The number of aliphatic carboxylic acids is 1. The smallest absolute Gasteiger partial charge is 0.306 e. The van der Waals surface area contributed by atoms with Crippen molar-refractivity contribution in [3.8, 4) is 0 Å². The highest BCUT2D eigenvalue weighted by atomic mass is 16.5. The number of hydrogen-bond acceptors (Lipinski definition) is 4. The van der Waals surface area contributed by atoms with Gasteiger partial charge in [0.05, 0.1) is 5.92 Å². The van der Waals surface area contributed by atoms with Gasteiger partial charge in [-0.2, -0.15) is 0 Å². The standard InChI is InChI=1S/C15H20N2O3/c1-9-12-7-11(15(18)19)2-3-13(12)17-14(16-9)6-10-4-5-20-8-10/h10-11H,2-8H2,1H3,(H,18,19). The number of aromatic nitrogens is 2. The van der Waals surface area contributed by atoms with Crippen LogP contribution in [0.1, 0.15) is 35.6 Å². The molecule has 20 heavy (non-hydrogen) atoms. The van der Waals surface area contributed by atoms with Crippen LogP contribution < -0.4 is 0 Å². The van der Waals surface area contributed by atoms with Crippen LogP contribution in [0.15, 0.2) is 0 Å². The number of ether oxygens (including phenoxy) is 1. The maximum atomic E-state index is 11.1. The van der Waals surface area contributed by atoms with Crippen molar-refractivity contribution in [2.75, 3.05) is 13.2 Å². The molecule has 2 aliphatic rings. The maximum absolute atomic E-state index is 11.1. The molecule has 1 fully saturated rings. The Bertz CT molecular complexity index is 524. The lowest BCUT2D eigenvalue weighted by Crippen LogP contribution is -2.25. The Morgan fingerprint density at radius 3 is 2.95 bits per heavy atom. The summed E-state index contributed by atoms with van der Waals surface area (Å²) in [7, 11) is 0. The number of carbonyl (C=O) groups is 1. The molecule has 0 spiro atoms. The summed E-state index contributed by atoms with van der Waals surface area (Å²) in [5.41, 5.74) is 3.06. The van der Waals surface area contributed by atoms with E-state index in [9.17, 15) is 4.79 Å². The van der Waals surface area contributed by atoms with Gasteiger partial charge in [0.2, 0.25) is 0 Å². The van der Waals surface area contributed by atoms with Gasteiger partial charge in [0.1, 0.15) is 5.82 Å². The first-order valence-electron chi connectivity index (χ1n) is 7.29. The van der Waals surface area contributed by atoms with Gasteiger partial charge < -0.3 is 9.84 Å². The van der Waals surface area contributed by atoms with Crippen molar-refractivity contribution in [1.82, 2.24) is 9.97 Å². The molecule has 1 aromatic rings. The van der Waals surface area contributed by atoms with Crippen molar-refractivity contribution in [1.29, 1.82) is 0 Å². The molecule has 1 aliphatic carbocycles. The first-order chi connectivity index (χ1) is 9.63. The first kappa shape index (κ1) is 13.5. The monoisotopic (exact) mass is 276 g/mol. The third kappa shape index (κ3) is 2.68. The van der Waals surface area contributed by atoms with Gasteiger partial charge >= 0.3 is 5.97 Å². The van der Waals surface area contributed by atoms with Crippen LogP contribution in [-0.2, 0) is 28.8 Å². The lowest BCUT2D eigenvalue weighted by molar-refractivity contribution is -0.142. The zero-order chi connectivity index (χ0) is 14.1. The minimum atomic E-state index is -0.706. The van der Waals surface area contributed by atoms with Gasteiger partial charge in [-0.1, -0.05) is 0 Å². The summed E-state index contributed by atoms with van der Waals surface area (Å²) in [6.07, 6.45) is 3.97. The van der Waals surface area contributed by atoms with Gasteiger partial charge in [-0.05, 0) is 44.1 Å². The molecule has 5 heteroatoms. The second-order valence-electron chi connectivity index (χ2n) is 5.86. The average molecular weight is 276 g/mol. The van der Waals surface area contributed by atoms with E-state index in [0.29, 0.717) is 18.8 Å². The number of aryl methyl sites for hydroxylation is 2. The Labute approximate surface area is 118 Å². The van der Waals surface area contributed by atoms with Gasteiger partial charge in [-0.3, -0.25) is 4.79 Å². The number of nitrogens with zero attached hydrogens (tertiary/aromatic N) is 2. The van der Waals surface area contributed by atoms with Gasteiger partial charge in [-0.15, -0.1) is 0 Å². The Morgan fingerprint density at radius 1 is 1.40 bits per heavy atom. The largest absolute Gasteiger partial charge is 0.481 e. The Kier molecular flexibility index (Phi) is 3.70. The number of carboxylic acids is 1. The molecule has 1 aromatic heterocycles. The SMILES string of the molecule is Cc1nc(CC2CCOC2)nc2c1CC(C(=O)O)CC2. The molecule has 3 rings (SSSR count). The van der Waals surface area contributed by atoms with Gasteiger partial charge in [0.25, 0.3) is 0 Å². The zero-order valence-corrected chi connectivity index (χ0v) is 11.8. The fourth-order valence-electron chi connectivity index (χ4n) is 3.15. The molecule has 1 saturated heterocycles. The molecule has 0 saturated carbocycles. The molecule has 2 unspecified atom stereocenters. The van der Waals surface area contributed by atoms with Crippen LogP contribution >= 0.6 is 0 Å². The lowest BCUT2D eigenvalue weighted by atomic mass is 9.86. The predicted molar refractivity (Wildman–Crippen MR) is 72.5 cm³/mol. The van der Waals surface area contributed by atoms with Crippen LogP contribution in [-0.4, -0.2) is 34.3 Å². The van der Waals surface area contributed by atoms with Crippen LogP contribution in [0.2, 0.25) is 0 Å². The third-order valence-electron chi connectivity index (χ3n) is 4.37. The summed E-state index contributed by atoms with van der Waals surface area (Å²) in [5, 5.41) is 9.14. The Balaban J connectivity index is 1.80. The Morgan fingerprint density at radius 2 is 2.25 bits per heavy atom. The number of carboxylic acid groups (broad SMARTS) is 1. The van der Waals surface area contributed by atoms with Gasteiger partial charge in [-0.25, -0.2) is 9.97 Å². The van der Waals surface area contributed by atoms with Crippen LogP contribution in [0.25, 0.3) is 0 Å². The second kappa shape index (κ2) is 5.48. The van der Waals surface area contributed by atoms with E-state index in [4.69, 9.17) is 9.84 Å². The van der Waals surface area contributed by atoms with Crippen molar-refractivity contribution in [3.05, 3.63) is 22.8 Å². The molecule has 0 radical (unpaired) electrons. The molecule has 5 nitrogen and oxygen atoms in total. The maximum Gasteiger partial charge on any atom is 0.306 e. The molecule has 1 N–H and O–H groups in total. The van der Waals surface area contributed by atoms with E-state index in [-0.39, 0.29) is 5.92 Å². The van der Waals surface area contributed by atoms with E-state index in [1.54, 1.807) is 0 Å². The summed E-state index contributed by atoms with van der Waals surface area (Å²) in [6.45, 7) is 3.62. The van der Waals surface area contributed by atoms with Crippen molar-refractivity contribution in [3.63, 3.8) is 0 Å². The third-order valence-corrected chi connectivity index (χ3v) is 4.37. The number of hydrogen-bond donors (Lipinski definition) is 1. The predicted octanol–water partition coefficient (Wildman–Crippen LogP) is 1.55. The van der Waals surface area contributed by atoms with Crippen molar-refractivity contribution >= 4 is 5.97 Å². The van der Waals surface area contributed by atoms with E-state index in [1.807, 2.05) is 6.92 Å². The van der Waals surface area contributed by atoms with Crippen LogP contribution in [0.5, 0.6) is 0 Å². The van der Waals surface area contributed by atoms with Crippen LogP contribution in [0.3, 0.4) is 0 Å². The van der Waals surface area contributed by atoms with Crippen molar-refractivity contribution in [2.24, 2.45) is 11.8 Å². The van der Waals surface area contributed by atoms with E-state index >= 15 is 0 Å². The van der Waals surface area contributed by atoms with Gasteiger partial charge in [0.15, 0.2) is 0 Å². The number of rotatable bonds is 3. The Hall–Kier alpha value is -1.49. The molecule has 2 heterocycles. The first-order valence-corrected chi connectivity index (χ1v) is 7.29. The highest BCUT2D eigenvalue weighted by Crippen LogP contribution is 2.27. The summed E-state index contributed by atoms with van der Waals surface area (Å²) in [6, 6.07) is 0. The highest BCUT2D eigenvalue weighted by Gasteiger charge is 2.27. The topological polar surface area (TPSA) is 72.3 Å². The zero-order valence-electron chi connectivity index (χ0n) is 11.8. The van der Waals surface area contributed by atoms with E-state index in [0.717, 1.165) is 55.3 Å². The van der Waals surface area contributed by atoms with Gasteiger partial charge in [0, 0.05) is 31.0 Å². The minimum Gasteiger partial charge on any atom is -0.481 e. The summed E-state index contributed by atoms with van der Waals surface area (Å²) in [5.74, 6) is 0.439. The summed E-state index contributed by atoms with van der Waals surface area (Å²) >= 11 is 0. The van der Waals surface area contributed by atoms with E-state index in [1.165, 1.54) is 0 Å². The quantitative estimate of drug-likeness (QED) is 0.907. The molecule has 1 aliphatic heterocycles. The molecule has 0 amide bonds. The van der Waals surface area contributed by atoms with Crippen LogP contribution in [0.4, 0.5) is 0 Å². The van der Waals surface area contributed by atoms with E-state index in [2.05, 4.69) is 9.97 Å². The number of fused-ring (bicyclic) bond motifs is 1. The molecule has 0 bridgehead atoms. The normalized spacial score (nSPS) is 25.4. The molecule has 2 atom stereocenters. The second-order valence-corrected chi connectivity index (χ2v) is 5.86. The molecular weight excluding hydrogens is 256 g/mol. The molecule has 0 aromatic carbocycles. The lowest BCUT2D eigenvalue weighted by Gasteiger charge is -2.22. The minimum absolute atomic E-state index is 0.279. The van der Waals surface area contributed by atoms with Crippen molar-refractivity contribution < 1.29 is 14.6 Å². The fraction of sp³-hybridized carbons (Fsp3) is 0.667. The average Bonchev–Trinajstić information content (AvgIpc) is 2.91. The molecule has 108 valence electrons. The fourth-order valence-corrected chi connectivity index (χ4v) is 3.15. The summed E-state index contributed by atoms with van der Waals surface area (Å²) < 4.78 is 5.39. The molecular formula is C15H20N2O3. The highest BCUT2D eigenvalue weighted by molar-refractivity contribution is 5.71. The van der Waals surface area contributed by atoms with Crippen LogP contribution in [0, 0.1) is 18.8 Å². The van der Waals surface area contributed by atoms with E-state index < -0.39 is 5.97 Å². The summed E-state index contributed by atoms with van der Waals surface area (Å²) in [4.78, 5) is 20.4. The van der Waals surface area contributed by atoms with Crippen molar-refractivity contribution in [2.45, 2.75) is 39.0 Å².